The molecule has 1 aromatic rings. The van der Waals surface area contributed by atoms with Crippen LogP contribution >= 0.6 is 0 Å². The van der Waals surface area contributed by atoms with E-state index in [1.807, 2.05) is 11.6 Å². The minimum atomic E-state index is -0.759. The number of aryl methyl sites for hydroxylation is 1. The molecule has 0 aliphatic carbocycles. The topological polar surface area (TPSA) is 95.1 Å². The number of aromatic nitrogens is 3. The molecular formula is C7H13N5O2. The molecule has 1 amide bonds. The first-order chi connectivity index (χ1) is 6.70. The fourth-order valence-electron chi connectivity index (χ4n) is 0.891. The van der Waals surface area contributed by atoms with Gasteiger partial charge in [-0.25, -0.2) is 4.79 Å². The van der Waals surface area contributed by atoms with Crippen LogP contribution in [0, 0.1) is 0 Å². The lowest BCUT2D eigenvalue weighted by Gasteiger charge is -2.03. The van der Waals surface area contributed by atoms with Crippen molar-refractivity contribution in [3.8, 4) is 0 Å². The van der Waals surface area contributed by atoms with Crippen LogP contribution in [0.3, 0.4) is 0 Å². The molecule has 0 fully saturated rings. The van der Waals surface area contributed by atoms with Gasteiger partial charge in [-0.15, -0.1) is 10.2 Å². The number of rotatable bonds is 5. The predicted octanol–water partition coefficient (Wildman–Crippen LogP) is -1.000. The Bertz CT molecular complexity index is 298. The van der Waals surface area contributed by atoms with Crippen LogP contribution in [-0.2, 0) is 18.3 Å². The Kier molecular flexibility index (Phi) is 3.86. The molecular weight excluding hydrogens is 186 g/mol. The van der Waals surface area contributed by atoms with Crippen LogP contribution in [0.1, 0.15) is 5.82 Å². The molecule has 0 saturated heterocycles. The second-order valence-electron chi connectivity index (χ2n) is 2.70. The summed E-state index contributed by atoms with van der Waals surface area (Å²) in [6, 6.07) is 0. The Hall–Kier alpha value is -1.63. The summed E-state index contributed by atoms with van der Waals surface area (Å²) in [6.45, 7) is 1.38. The van der Waals surface area contributed by atoms with Gasteiger partial charge in [-0.2, -0.15) is 0 Å². The lowest BCUT2D eigenvalue weighted by molar-refractivity contribution is 0.157. The van der Waals surface area contributed by atoms with E-state index in [1.165, 1.54) is 0 Å². The van der Waals surface area contributed by atoms with E-state index >= 15 is 0 Å². The average Bonchev–Trinajstić information content (AvgIpc) is 2.51. The molecule has 0 unspecified atom stereocenters. The number of nitrogens with two attached hydrogens (primary N) is 1. The number of carbonyl (C=O) groups is 1. The van der Waals surface area contributed by atoms with E-state index in [2.05, 4.69) is 20.3 Å². The number of hydrogen-bond acceptors (Lipinski definition) is 5. The highest BCUT2D eigenvalue weighted by molar-refractivity contribution is 5.64. The lowest BCUT2D eigenvalue weighted by Crippen LogP contribution is -2.24. The third-order valence-electron chi connectivity index (χ3n) is 1.61. The van der Waals surface area contributed by atoms with E-state index in [0.717, 1.165) is 5.82 Å². The number of ether oxygens (including phenoxy) is 1. The van der Waals surface area contributed by atoms with Gasteiger partial charge in [-0.05, 0) is 0 Å². The molecule has 1 rings (SSSR count). The van der Waals surface area contributed by atoms with Crippen LogP contribution in [0.25, 0.3) is 0 Å². The van der Waals surface area contributed by atoms with Crippen LogP contribution in [0.5, 0.6) is 0 Å². The van der Waals surface area contributed by atoms with Crippen molar-refractivity contribution in [2.75, 3.05) is 13.2 Å². The Morgan fingerprint density at radius 1 is 1.79 bits per heavy atom. The van der Waals surface area contributed by atoms with Gasteiger partial charge < -0.3 is 20.4 Å². The first-order valence-electron chi connectivity index (χ1n) is 4.16. The van der Waals surface area contributed by atoms with Crippen molar-refractivity contribution in [1.29, 1.82) is 0 Å². The monoisotopic (exact) mass is 199 g/mol. The Morgan fingerprint density at radius 2 is 2.57 bits per heavy atom. The highest BCUT2D eigenvalue weighted by Crippen LogP contribution is 1.88. The summed E-state index contributed by atoms with van der Waals surface area (Å²) in [7, 11) is 1.86. The molecule has 78 valence electrons. The third-order valence-corrected chi connectivity index (χ3v) is 1.61. The van der Waals surface area contributed by atoms with Crippen molar-refractivity contribution in [3.63, 3.8) is 0 Å². The summed E-state index contributed by atoms with van der Waals surface area (Å²) < 4.78 is 6.33. The SMILES string of the molecule is Cn1cnnc1CNCCOC(N)=O. The molecule has 7 nitrogen and oxygen atoms in total. The fraction of sp³-hybridized carbons (Fsp3) is 0.571. The maximum Gasteiger partial charge on any atom is 0.404 e. The van der Waals surface area contributed by atoms with Crippen molar-refractivity contribution in [3.05, 3.63) is 12.2 Å². The lowest BCUT2D eigenvalue weighted by atomic mass is 10.5. The highest BCUT2D eigenvalue weighted by Gasteiger charge is 1.99. The van der Waals surface area contributed by atoms with Gasteiger partial charge in [0.2, 0.25) is 0 Å². The quantitative estimate of drug-likeness (QED) is 0.593. The second-order valence-corrected chi connectivity index (χ2v) is 2.70. The number of primary amides is 1. The van der Waals surface area contributed by atoms with E-state index in [-0.39, 0.29) is 6.61 Å². The minimum absolute atomic E-state index is 0.257. The van der Waals surface area contributed by atoms with E-state index in [1.54, 1.807) is 6.33 Å². The second kappa shape index (κ2) is 5.18. The average molecular weight is 199 g/mol. The molecule has 7 heteroatoms. The normalized spacial score (nSPS) is 10.1. The summed E-state index contributed by atoms with van der Waals surface area (Å²) in [5.41, 5.74) is 4.78. The van der Waals surface area contributed by atoms with Gasteiger partial charge in [0.05, 0.1) is 6.54 Å². The summed E-state index contributed by atoms with van der Waals surface area (Å²) in [4.78, 5) is 10.2. The Labute approximate surface area is 81.2 Å². The Morgan fingerprint density at radius 3 is 3.14 bits per heavy atom. The molecule has 0 bridgehead atoms. The van der Waals surface area contributed by atoms with Crippen molar-refractivity contribution >= 4 is 6.09 Å². The third kappa shape index (κ3) is 3.40. The van der Waals surface area contributed by atoms with E-state index in [0.29, 0.717) is 13.1 Å². The van der Waals surface area contributed by atoms with Crippen LogP contribution in [0.15, 0.2) is 6.33 Å². The molecule has 14 heavy (non-hydrogen) atoms. The summed E-state index contributed by atoms with van der Waals surface area (Å²) in [6.07, 6.45) is 0.863. The van der Waals surface area contributed by atoms with Crippen LogP contribution in [-0.4, -0.2) is 34.0 Å². The molecule has 0 aromatic carbocycles. The summed E-state index contributed by atoms with van der Waals surface area (Å²) >= 11 is 0. The summed E-state index contributed by atoms with van der Waals surface area (Å²) in [5, 5.41) is 10.6. The molecule has 0 aliphatic heterocycles. The van der Waals surface area contributed by atoms with Crippen molar-refractivity contribution < 1.29 is 9.53 Å². The number of nitrogens with one attached hydrogen (secondary N) is 1. The van der Waals surface area contributed by atoms with Crippen LogP contribution < -0.4 is 11.1 Å². The molecule has 0 aliphatic rings. The molecule has 0 atom stereocenters. The molecule has 0 spiro atoms. The highest BCUT2D eigenvalue weighted by atomic mass is 16.5. The van der Waals surface area contributed by atoms with Gasteiger partial charge in [-0.1, -0.05) is 0 Å². The van der Waals surface area contributed by atoms with Gasteiger partial charge in [0, 0.05) is 13.6 Å². The molecule has 1 aromatic heterocycles. The fourth-order valence-corrected chi connectivity index (χ4v) is 0.891. The first-order valence-corrected chi connectivity index (χ1v) is 4.16. The van der Waals surface area contributed by atoms with E-state index < -0.39 is 6.09 Å². The predicted molar refractivity (Wildman–Crippen MR) is 48.2 cm³/mol. The first kappa shape index (κ1) is 10.5. The number of amides is 1. The van der Waals surface area contributed by atoms with Gasteiger partial charge in [0.15, 0.2) is 0 Å². The Balaban J connectivity index is 2.10. The largest absolute Gasteiger partial charge is 0.448 e. The van der Waals surface area contributed by atoms with E-state index in [9.17, 15) is 4.79 Å². The molecule has 1 heterocycles. The smallest absolute Gasteiger partial charge is 0.404 e. The van der Waals surface area contributed by atoms with Crippen LogP contribution in [0.2, 0.25) is 0 Å². The van der Waals surface area contributed by atoms with Gasteiger partial charge >= 0.3 is 6.09 Å². The van der Waals surface area contributed by atoms with Gasteiger partial charge in [0.25, 0.3) is 0 Å². The van der Waals surface area contributed by atoms with Crippen molar-refractivity contribution in [2.45, 2.75) is 6.54 Å². The zero-order chi connectivity index (χ0) is 10.4. The number of carbonyl (C=O) groups excluding carboxylic acids is 1. The number of hydrogen-bond donors (Lipinski definition) is 2. The van der Waals surface area contributed by atoms with Crippen molar-refractivity contribution in [2.24, 2.45) is 12.8 Å². The maximum absolute atomic E-state index is 10.2. The maximum atomic E-state index is 10.2. The van der Waals surface area contributed by atoms with Crippen molar-refractivity contribution in [1.82, 2.24) is 20.1 Å². The molecule has 0 saturated carbocycles. The zero-order valence-corrected chi connectivity index (χ0v) is 7.93. The number of nitrogens with zero attached hydrogens (tertiary/aromatic N) is 3. The molecule has 0 radical (unpaired) electrons. The van der Waals surface area contributed by atoms with Crippen LogP contribution in [0.4, 0.5) is 4.79 Å². The zero-order valence-electron chi connectivity index (χ0n) is 7.93. The molecule has 3 N–H and O–H groups in total. The summed E-state index contributed by atoms with van der Waals surface area (Å²) in [5.74, 6) is 0.823. The van der Waals surface area contributed by atoms with E-state index in [4.69, 9.17) is 5.73 Å². The van der Waals surface area contributed by atoms with Gasteiger partial charge in [-0.3, -0.25) is 0 Å². The van der Waals surface area contributed by atoms with Gasteiger partial charge in [0.1, 0.15) is 18.8 Å². The minimum Gasteiger partial charge on any atom is -0.448 e. The standard InChI is InChI=1S/C7H13N5O2/c1-12-5-10-11-6(12)4-9-2-3-14-7(8)13/h5,9H,2-4H2,1H3,(H2,8,13).